The summed E-state index contributed by atoms with van der Waals surface area (Å²) in [5, 5.41) is 6.71. The number of thiazole rings is 1. The molecule has 9 heteroatoms. The Balaban J connectivity index is 1.38. The van der Waals surface area contributed by atoms with Gasteiger partial charge in [0.1, 0.15) is 0 Å². The Morgan fingerprint density at radius 3 is 2.91 bits per heavy atom. The Hall–Kier alpha value is -3.07. The molecule has 1 fully saturated rings. The molecule has 0 spiro atoms. The Labute approximate surface area is 190 Å². The van der Waals surface area contributed by atoms with Gasteiger partial charge in [0.15, 0.2) is 5.69 Å². The van der Waals surface area contributed by atoms with Crippen LogP contribution in [0.4, 0.5) is 0 Å². The van der Waals surface area contributed by atoms with Crippen LogP contribution in [-0.4, -0.2) is 55.0 Å². The maximum atomic E-state index is 13.3. The molecule has 0 aromatic carbocycles. The molecule has 1 saturated carbocycles. The van der Waals surface area contributed by atoms with Gasteiger partial charge in [0, 0.05) is 62.1 Å². The summed E-state index contributed by atoms with van der Waals surface area (Å²) in [7, 11) is 1.78. The molecule has 166 valence electrons. The minimum atomic E-state index is -0.120. The van der Waals surface area contributed by atoms with E-state index < -0.39 is 0 Å². The molecule has 0 bridgehead atoms. The third-order valence-electron chi connectivity index (χ3n) is 6.12. The first-order chi connectivity index (χ1) is 15.6. The topological polar surface area (TPSA) is 84.2 Å². The van der Waals surface area contributed by atoms with E-state index in [2.05, 4.69) is 9.97 Å². The van der Waals surface area contributed by atoms with Gasteiger partial charge in [-0.2, -0.15) is 5.10 Å². The van der Waals surface area contributed by atoms with E-state index in [-0.39, 0.29) is 11.8 Å². The average Bonchev–Trinajstić information content (AvgIpc) is 3.34. The molecule has 0 atom stereocenters. The van der Waals surface area contributed by atoms with Gasteiger partial charge in [-0.25, -0.2) is 4.98 Å². The quantitative estimate of drug-likeness (QED) is 0.552. The molecular weight excluding hydrogens is 424 g/mol. The molecule has 0 saturated heterocycles. The molecule has 5 rings (SSSR count). The number of pyridine rings is 1. The van der Waals surface area contributed by atoms with Gasteiger partial charge in [0.25, 0.3) is 5.91 Å². The second-order valence-corrected chi connectivity index (χ2v) is 9.36. The highest BCUT2D eigenvalue weighted by atomic mass is 32.1. The van der Waals surface area contributed by atoms with E-state index in [0.717, 1.165) is 35.5 Å². The zero-order chi connectivity index (χ0) is 22.1. The van der Waals surface area contributed by atoms with Gasteiger partial charge in [-0.3, -0.25) is 19.3 Å². The molecule has 32 heavy (non-hydrogen) atoms. The SMILES string of the molecule is CN(Cc1cscn1)C(=O)c1nn(CC2CC2)c2c1CN(C(=O)Cc1cccnc1)CC2. The fourth-order valence-corrected chi connectivity index (χ4v) is 4.72. The number of amides is 2. The predicted octanol–water partition coefficient (Wildman–Crippen LogP) is 2.54. The zero-order valence-electron chi connectivity index (χ0n) is 18.1. The molecule has 0 unspecified atom stereocenters. The van der Waals surface area contributed by atoms with Crippen LogP contribution >= 0.6 is 11.3 Å². The first kappa shape index (κ1) is 20.8. The van der Waals surface area contributed by atoms with Crippen molar-refractivity contribution in [2.24, 2.45) is 5.92 Å². The average molecular weight is 451 g/mol. The van der Waals surface area contributed by atoms with Crippen molar-refractivity contribution in [2.45, 2.75) is 45.3 Å². The van der Waals surface area contributed by atoms with Crippen molar-refractivity contribution in [3.05, 3.63) is 63.6 Å². The Kier molecular flexibility index (Phi) is 5.73. The lowest BCUT2D eigenvalue weighted by atomic mass is 10.0. The summed E-state index contributed by atoms with van der Waals surface area (Å²) >= 11 is 1.52. The van der Waals surface area contributed by atoms with Crippen molar-refractivity contribution in [2.75, 3.05) is 13.6 Å². The summed E-state index contributed by atoms with van der Waals surface area (Å²) in [5.41, 5.74) is 6.00. The minimum absolute atomic E-state index is 0.0489. The Bertz CT molecular complexity index is 1110. The molecule has 4 heterocycles. The number of rotatable bonds is 7. The van der Waals surface area contributed by atoms with Gasteiger partial charge in [0.05, 0.1) is 24.2 Å². The summed E-state index contributed by atoms with van der Waals surface area (Å²) in [6, 6.07) is 3.75. The lowest BCUT2D eigenvalue weighted by Crippen LogP contribution is -2.38. The second kappa shape index (κ2) is 8.82. The standard InChI is InChI=1S/C23H26N6O2S/c1-27(12-18-14-32-15-25-18)23(31)22-19-13-28(21(30)9-17-3-2-7-24-10-17)8-6-20(19)29(26-22)11-16-4-5-16/h2-3,7,10,14-16H,4-6,8-9,11-13H2,1H3. The fourth-order valence-electron chi connectivity index (χ4n) is 4.17. The van der Waals surface area contributed by atoms with Crippen LogP contribution in [0.1, 0.15) is 45.8 Å². The van der Waals surface area contributed by atoms with Crippen LogP contribution in [0.25, 0.3) is 0 Å². The molecule has 3 aromatic heterocycles. The molecule has 1 aliphatic carbocycles. The number of hydrogen-bond acceptors (Lipinski definition) is 6. The van der Waals surface area contributed by atoms with Crippen molar-refractivity contribution in [1.29, 1.82) is 0 Å². The maximum absolute atomic E-state index is 13.3. The third kappa shape index (κ3) is 4.43. The lowest BCUT2D eigenvalue weighted by Gasteiger charge is -2.28. The molecule has 1 aliphatic heterocycles. The highest BCUT2D eigenvalue weighted by molar-refractivity contribution is 7.07. The van der Waals surface area contributed by atoms with Gasteiger partial charge in [-0.15, -0.1) is 11.3 Å². The van der Waals surface area contributed by atoms with Crippen LogP contribution in [0.15, 0.2) is 35.4 Å². The summed E-state index contributed by atoms with van der Waals surface area (Å²) in [6.07, 6.45) is 6.90. The van der Waals surface area contributed by atoms with E-state index in [1.807, 2.05) is 27.1 Å². The smallest absolute Gasteiger partial charge is 0.274 e. The molecule has 2 amide bonds. The van der Waals surface area contributed by atoms with Crippen molar-refractivity contribution in [3.63, 3.8) is 0 Å². The molecule has 0 N–H and O–H groups in total. The van der Waals surface area contributed by atoms with E-state index in [1.165, 1.54) is 24.2 Å². The Morgan fingerprint density at radius 1 is 1.31 bits per heavy atom. The van der Waals surface area contributed by atoms with Gasteiger partial charge in [-0.1, -0.05) is 6.07 Å². The number of aromatic nitrogens is 4. The van der Waals surface area contributed by atoms with E-state index in [0.29, 0.717) is 37.7 Å². The fraction of sp³-hybridized carbons (Fsp3) is 0.435. The predicted molar refractivity (Wildman–Crippen MR) is 120 cm³/mol. The number of carbonyl (C=O) groups excluding carboxylic acids is 2. The van der Waals surface area contributed by atoms with Crippen LogP contribution < -0.4 is 0 Å². The molecule has 3 aromatic rings. The molecule has 8 nitrogen and oxygen atoms in total. The van der Waals surface area contributed by atoms with Gasteiger partial charge in [0.2, 0.25) is 5.91 Å². The Morgan fingerprint density at radius 2 is 2.19 bits per heavy atom. The normalized spacial score (nSPS) is 15.5. The van der Waals surface area contributed by atoms with Crippen LogP contribution in [-0.2, 0) is 37.3 Å². The second-order valence-electron chi connectivity index (χ2n) is 8.64. The summed E-state index contributed by atoms with van der Waals surface area (Å²) in [5.74, 6) is 0.582. The molecule has 0 radical (unpaired) electrons. The molecular formula is C23H26N6O2S. The van der Waals surface area contributed by atoms with Gasteiger partial charge < -0.3 is 9.80 Å². The lowest BCUT2D eigenvalue weighted by molar-refractivity contribution is -0.131. The van der Waals surface area contributed by atoms with Crippen molar-refractivity contribution < 1.29 is 9.59 Å². The van der Waals surface area contributed by atoms with Crippen LogP contribution in [0.5, 0.6) is 0 Å². The molecule has 2 aliphatic rings. The first-order valence-corrected chi connectivity index (χ1v) is 11.9. The highest BCUT2D eigenvalue weighted by Gasteiger charge is 2.33. The number of nitrogens with zero attached hydrogens (tertiary/aromatic N) is 6. The van der Waals surface area contributed by atoms with Crippen LogP contribution in [0.2, 0.25) is 0 Å². The highest BCUT2D eigenvalue weighted by Crippen LogP contribution is 2.33. The van der Waals surface area contributed by atoms with E-state index >= 15 is 0 Å². The minimum Gasteiger partial charge on any atom is -0.338 e. The third-order valence-corrected chi connectivity index (χ3v) is 6.76. The number of hydrogen-bond donors (Lipinski definition) is 0. The summed E-state index contributed by atoms with van der Waals surface area (Å²) in [6.45, 7) is 2.36. The number of carbonyl (C=O) groups is 2. The van der Waals surface area contributed by atoms with Crippen LogP contribution in [0.3, 0.4) is 0 Å². The number of fused-ring (bicyclic) bond motifs is 1. The van der Waals surface area contributed by atoms with Crippen molar-refractivity contribution >= 4 is 23.2 Å². The maximum Gasteiger partial charge on any atom is 0.274 e. The largest absolute Gasteiger partial charge is 0.338 e. The van der Waals surface area contributed by atoms with Gasteiger partial charge in [-0.05, 0) is 30.4 Å². The van der Waals surface area contributed by atoms with Crippen molar-refractivity contribution in [1.82, 2.24) is 29.5 Å². The summed E-state index contributed by atoms with van der Waals surface area (Å²) < 4.78 is 2.03. The van der Waals surface area contributed by atoms with Crippen LogP contribution in [0, 0.1) is 5.92 Å². The van der Waals surface area contributed by atoms with E-state index in [1.54, 1.807) is 29.9 Å². The first-order valence-electron chi connectivity index (χ1n) is 11.0. The van der Waals surface area contributed by atoms with Gasteiger partial charge >= 0.3 is 0 Å². The monoisotopic (exact) mass is 450 g/mol. The summed E-state index contributed by atoms with van der Waals surface area (Å²) in [4.78, 5) is 38.2. The van der Waals surface area contributed by atoms with Crippen molar-refractivity contribution in [3.8, 4) is 0 Å². The zero-order valence-corrected chi connectivity index (χ0v) is 18.9. The van der Waals surface area contributed by atoms with E-state index in [9.17, 15) is 9.59 Å². The van der Waals surface area contributed by atoms with E-state index in [4.69, 9.17) is 5.10 Å².